The molecule has 53 heavy (non-hydrogen) atoms. The van der Waals surface area contributed by atoms with Crippen LogP contribution in [-0.2, 0) is 9.31 Å². The van der Waals surface area contributed by atoms with Crippen LogP contribution >= 0.6 is 15.9 Å². The van der Waals surface area contributed by atoms with Crippen LogP contribution in [0.15, 0.2) is 186 Å². The minimum Gasteiger partial charge on any atom is -0.399 e. The predicted octanol–water partition coefficient (Wildman–Crippen LogP) is 9.13. The van der Waals surface area contributed by atoms with Crippen LogP contribution in [0.4, 0.5) is 0 Å². The summed E-state index contributed by atoms with van der Waals surface area (Å²) in [6, 6.07) is -35.3. The molecule has 0 saturated carbocycles. The van der Waals surface area contributed by atoms with Gasteiger partial charge in [0.15, 0.2) is 8.07 Å². The maximum absolute atomic E-state index is 10.5. The fourth-order valence-corrected chi connectivity index (χ4v) is 9.98. The lowest BCUT2D eigenvalue weighted by molar-refractivity contribution is 0.00578. The fourth-order valence-electron chi connectivity index (χ4n) is 5.57. The Morgan fingerprint density at radius 1 is 0.434 bits per heavy atom. The first-order valence-electron chi connectivity index (χ1n) is 30.9. The highest BCUT2D eigenvalue weighted by Crippen LogP contribution is 2.36. The summed E-state index contributed by atoms with van der Waals surface area (Å²) in [4.78, 5) is 0. The molecule has 0 N–H and O–H groups in total. The maximum Gasteiger partial charge on any atom is 0.494 e. The van der Waals surface area contributed by atoms with Crippen molar-refractivity contribution < 1.29 is 50.4 Å². The first kappa shape index (κ1) is 14.8. The number of benzene rings is 7. The minimum absolute atomic E-state index is 0.662. The average molecular weight is 800 g/mol. The smallest absolute Gasteiger partial charge is 0.399 e. The molecule has 0 amide bonds. The largest absolute Gasteiger partial charge is 0.494 e. The molecule has 0 spiro atoms. The summed E-state index contributed by atoms with van der Waals surface area (Å²) < 4.78 is 291. The Bertz CT molecular complexity index is 3670. The van der Waals surface area contributed by atoms with E-state index in [0.29, 0.717) is 0 Å². The molecule has 7 aromatic rings. The maximum atomic E-state index is 10.5. The second-order valence-electron chi connectivity index (χ2n) is 12.6. The monoisotopic (exact) mass is 798 g/mol. The standard InChI is InChI=1S/C48H42BBrO2Si/c1-47(2)48(3,4)52-49(51-47)41-32-42(50)34-46(33-41)53(43-26-14-23-38(29-43)35-17-8-5-9-18-35,44-27-15-24-39(30-44)36-19-10-6-11-20-36)45-28-16-25-40(31-45)37-21-12-7-13-22-37/h5-34H,1-4H3/i5D,6D,7D,8D,9D,10D,11D,12D,13D,14D,15D,16D,17D,18D,19D,20D,21D,22D,23D,24D,25D,26D,27D,28D,29D,30D,31D,32D,33D,34D. The summed E-state index contributed by atoms with van der Waals surface area (Å²) in [6.45, 7) is 6.28. The molecule has 0 aliphatic carbocycles. The zero-order valence-corrected chi connectivity index (χ0v) is 30.9. The van der Waals surface area contributed by atoms with Gasteiger partial charge in [-0.1, -0.05) is 185 Å². The molecule has 8 rings (SSSR count). The second-order valence-corrected chi connectivity index (χ2v) is 16.9. The van der Waals surface area contributed by atoms with Crippen LogP contribution in [0.3, 0.4) is 0 Å². The molecule has 7 aromatic carbocycles. The minimum atomic E-state index is -6.83. The van der Waals surface area contributed by atoms with Crippen molar-refractivity contribution in [1.29, 1.82) is 0 Å². The molecule has 260 valence electrons. The molecule has 0 aromatic heterocycles. The Morgan fingerprint density at radius 3 is 1.17 bits per heavy atom. The van der Waals surface area contributed by atoms with Crippen molar-refractivity contribution >= 4 is 57.3 Å². The Labute approximate surface area is 365 Å². The summed E-state index contributed by atoms with van der Waals surface area (Å²) in [6.07, 6.45) is 0. The molecule has 0 unspecified atom stereocenters. The van der Waals surface area contributed by atoms with Crippen molar-refractivity contribution in [2.75, 3.05) is 0 Å². The first-order chi connectivity index (χ1) is 38.2. The Balaban J connectivity index is 1.88. The van der Waals surface area contributed by atoms with E-state index in [1.807, 2.05) is 0 Å². The number of rotatable bonds is 8. The van der Waals surface area contributed by atoms with Gasteiger partial charge < -0.3 is 9.31 Å². The number of hydrogen-bond acceptors (Lipinski definition) is 2. The third kappa shape index (κ3) is 6.68. The first-order valence-corrected chi connectivity index (χ1v) is 18.7. The molecule has 1 heterocycles. The molecule has 0 atom stereocenters. The van der Waals surface area contributed by atoms with Gasteiger partial charge in [-0.05, 0) is 99.4 Å². The summed E-state index contributed by atoms with van der Waals surface area (Å²) >= 11 is 3.24. The van der Waals surface area contributed by atoms with E-state index in [2.05, 4.69) is 15.9 Å². The van der Waals surface area contributed by atoms with Gasteiger partial charge in [-0.25, -0.2) is 0 Å². The molecule has 1 aliphatic rings. The molecule has 1 aliphatic heterocycles. The summed E-state index contributed by atoms with van der Waals surface area (Å²) in [7, 11) is -8.69. The van der Waals surface area contributed by atoms with Crippen LogP contribution in [-0.4, -0.2) is 26.4 Å². The van der Waals surface area contributed by atoms with Gasteiger partial charge in [0.25, 0.3) is 0 Å². The van der Waals surface area contributed by atoms with E-state index in [1.165, 1.54) is 0 Å². The molecule has 5 heteroatoms. The van der Waals surface area contributed by atoms with Crippen LogP contribution < -0.4 is 26.2 Å². The zero-order chi connectivity index (χ0) is 62.7. The van der Waals surface area contributed by atoms with Gasteiger partial charge in [0.2, 0.25) is 0 Å². The van der Waals surface area contributed by atoms with Crippen molar-refractivity contribution in [2.24, 2.45) is 0 Å². The van der Waals surface area contributed by atoms with E-state index in [0.717, 1.165) is 0 Å². The van der Waals surface area contributed by atoms with E-state index >= 15 is 0 Å². The van der Waals surface area contributed by atoms with Crippen LogP contribution in [0.2, 0.25) is 0 Å². The van der Waals surface area contributed by atoms with E-state index in [9.17, 15) is 20.6 Å². The van der Waals surface area contributed by atoms with Gasteiger partial charge in [-0.3, -0.25) is 0 Å². The quantitative estimate of drug-likeness (QED) is 0.113. The molecule has 0 radical (unpaired) electrons. The van der Waals surface area contributed by atoms with Gasteiger partial charge in [-0.15, -0.1) is 0 Å². The van der Waals surface area contributed by atoms with Gasteiger partial charge in [0.05, 0.1) is 52.3 Å². The second kappa shape index (κ2) is 14.2. The van der Waals surface area contributed by atoms with Gasteiger partial charge in [0, 0.05) is 4.47 Å². The van der Waals surface area contributed by atoms with Crippen LogP contribution in [0, 0.1) is 0 Å². The van der Waals surface area contributed by atoms with Gasteiger partial charge in [-0.2, -0.15) is 0 Å². The van der Waals surface area contributed by atoms with Crippen molar-refractivity contribution in [3.8, 4) is 33.4 Å². The third-order valence-electron chi connectivity index (χ3n) is 8.85. The van der Waals surface area contributed by atoms with Gasteiger partial charge in [0.1, 0.15) is 0 Å². The van der Waals surface area contributed by atoms with E-state index in [4.69, 9.17) is 29.9 Å². The fraction of sp³-hybridized carbons (Fsp3) is 0.125. The van der Waals surface area contributed by atoms with Crippen molar-refractivity contribution in [1.82, 2.24) is 0 Å². The molecule has 1 saturated heterocycles. The van der Waals surface area contributed by atoms with Crippen LogP contribution in [0.25, 0.3) is 33.4 Å². The molecular weight excluding hydrogens is 727 g/mol. The van der Waals surface area contributed by atoms with Crippen LogP contribution in [0.5, 0.6) is 0 Å². The predicted molar refractivity (Wildman–Crippen MR) is 230 cm³/mol. The Hall–Kier alpha value is -4.78. The Kier molecular flexibility index (Phi) is 3.97. The van der Waals surface area contributed by atoms with Crippen molar-refractivity contribution in [3.05, 3.63) is 186 Å². The third-order valence-corrected chi connectivity index (χ3v) is 13.2. The lowest BCUT2D eigenvalue weighted by Gasteiger charge is -2.36. The number of hydrogen-bond donors (Lipinski definition) is 0. The lowest BCUT2D eigenvalue weighted by Crippen LogP contribution is -2.75. The highest BCUT2D eigenvalue weighted by Gasteiger charge is 2.52. The van der Waals surface area contributed by atoms with Crippen molar-refractivity contribution in [3.63, 3.8) is 0 Å². The normalized spacial score (nSPS) is 22.9. The topological polar surface area (TPSA) is 18.5 Å². The molecular formula is C48H42BBrO2Si. The van der Waals surface area contributed by atoms with Crippen LogP contribution in [0.1, 0.15) is 68.8 Å². The highest BCUT2D eigenvalue weighted by atomic mass is 79.9. The lowest BCUT2D eigenvalue weighted by atomic mass is 9.79. The Morgan fingerprint density at radius 2 is 0.792 bits per heavy atom. The van der Waals surface area contributed by atoms with E-state index < -0.39 is 272 Å². The molecule has 2 nitrogen and oxygen atoms in total. The summed E-state index contributed by atoms with van der Waals surface area (Å²) in [5.41, 5.74) is -9.69. The van der Waals surface area contributed by atoms with E-state index in [1.54, 1.807) is 27.7 Å². The average Bonchev–Trinajstić information content (AvgIpc) is 0.919. The zero-order valence-electron chi connectivity index (χ0n) is 58.3. The summed E-state index contributed by atoms with van der Waals surface area (Å²) in [5.74, 6) is 0. The van der Waals surface area contributed by atoms with Gasteiger partial charge >= 0.3 is 7.12 Å². The van der Waals surface area contributed by atoms with E-state index in [-0.39, 0.29) is 0 Å². The SMILES string of the molecule is [2H]c1c([2H])c([2H])c(-c2c([2H])c([2H])c([2H])c([Si](c3c([2H])c(Br)c([2H])c(B4OC(C)(C)C(C)(C)O4)c3[2H])(c3c([2H])c([2H])c([2H])c(-c4c([2H])c([2H])c([2H])c([2H])c4[2H])c3[2H])c3c([2H])c([2H])c([2H])c(-c4c([2H])c([2H])c([2H])c([2H])c4[2H])c3[2H])c2[2H])c([2H])c1[2H]. The van der Waals surface area contributed by atoms with Crippen molar-refractivity contribution in [2.45, 2.75) is 38.9 Å². The molecule has 1 fully saturated rings. The number of halogens is 1. The highest BCUT2D eigenvalue weighted by molar-refractivity contribution is 9.10. The molecule has 0 bridgehead atoms. The summed E-state index contributed by atoms with van der Waals surface area (Å²) in [5, 5.41) is -4.93.